The van der Waals surface area contributed by atoms with Crippen LogP contribution in [-0.4, -0.2) is 25.6 Å². The van der Waals surface area contributed by atoms with Crippen LogP contribution in [0.4, 0.5) is 0 Å². The molecule has 0 bridgehead atoms. The zero-order valence-corrected chi connectivity index (χ0v) is 16.7. The second kappa shape index (κ2) is 8.45. The summed E-state index contributed by atoms with van der Waals surface area (Å²) in [5.74, 6) is 1.65. The Kier molecular flexibility index (Phi) is 5.57. The minimum absolute atomic E-state index is 0.0917. The average molecular weight is 410 g/mol. The van der Waals surface area contributed by atoms with Crippen LogP contribution in [0.3, 0.4) is 0 Å². The summed E-state index contributed by atoms with van der Waals surface area (Å²) in [5, 5.41) is 7.53. The fourth-order valence-electron chi connectivity index (χ4n) is 3.17. The molecule has 0 spiro atoms. The summed E-state index contributed by atoms with van der Waals surface area (Å²) < 4.78 is 7.35. The molecule has 2 aromatic carbocycles. The number of aromatic nitrogens is 4. The lowest BCUT2D eigenvalue weighted by atomic mass is 10.2. The lowest BCUT2D eigenvalue weighted by Crippen LogP contribution is -2.25. The topological polar surface area (TPSA) is 85.8 Å². The number of hydrogen-bond acceptors (Lipinski definition) is 5. The Hall–Kier alpha value is -3.19. The van der Waals surface area contributed by atoms with E-state index >= 15 is 0 Å². The molecule has 0 aliphatic carbocycles. The smallest absolute Gasteiger partial charge is 0.227 e. The number of imidazole rings is 1. The molecule has 1 N–H and O–H groups in total. The molecule has 0 aliphatic heterocycles. The number of halogens is 1. The summed E-state index contributed by atoms with van der Waals surface area (Å²) in [4.78, 5) is 21.2. The van der Waals surface area contributed by atoms with Crippen LogP contribution in [0.25, 0.3) is 22.4 Å². The van der Waals surface area contributed by atoms with Crippen molar-refractivity contribution in [2.24, 2.45) is 0 Å². The van der Waals surface area contributed by atoms with Gasteiger partial charge < -0.3 is 14.4 Å². The molecule has 0 radical (unpaired) electrons. The molecule has 2 aromatic heterocycles. The Balaban J connectivity index is 1.33. The first-order valence-corrected chi connectivity index (χ1v) is 9.81. The van der Waals surface area contributed by atoms with Crippen molar-refractivity contribution in [1.29, 1.82) is 0 Å². The van der Waals surface area contributed by atoms with E-state index in [0.29, 0.717) is 29.7 Å². The van der Waals surface area contributed by atoms with E-state index in [1.54, 1.807) is 12.1 Å². The molecule has 0 saturated heterocycles. The van der Waals surface area contributed by atoms with E-state index in [-0.39, 0.29) is 12.3 Å². The first-order valence-electron chi connectivity index (χ1n) is 9.43. The van der Waals surface area contributed by atoms with Crippen LogP contribution in [0.1, 0.15) is 25.1 Å². The zero-order valence-electron chi connectivity index (χ0n) is 15.9. The van der Waals surface area contributed by atoms with Crippen LogP contribution in [-0.2, 0) is 24.3 Å². The van der Waals surface area contributed by atoms with Gasteiger partial charge in [0.15, 0.2) is 0 Å². The number of fused-ring (bicyclic) bond motifs is 1. The zero-order chi connectivity index (χ0) is 20.2. The number of nitrogens with one attached hydrogen (secondary N) is 1. The third-order valence-electron chi connectivity index (χ3n) is 4.63. The molecule has 7 nitrogen and oxygen atoms in total. The van der Waals surface area contributed by atoms with Crippen molar-refractivity contribution >= 4 is 28.5 Å². The van der Waals surface area contributed by atoms with Gasteiger partial charge >= 0.3 is 0 Å². The van der Waals surface area contributed by atoms with Gasteiger partial charge in [0.1, 0.15) is 5.82 Å². The molecule has 8 heteroatoms. The summed E-state index contributed by atoms with van der Waals surface area (Å²) in [7, 11) is 0. The van der Waals surface area contributed by atoms with Gasteiger partial charge in [0.2, 0.25) is 17.6 Å². The molecule has 0 saturated carbocycles. The van der Waals surface area contributed by atoms with Gasteiger partial charge in [0.25, 0.3) is 0 Å². The Morgan fingerprint density at radius 1 is 1.14 bits per heavy atom. The van der Waals surface area contributed by atoms with E-state index < -0.39 is 0 Å². The molecule has 2 heterocycles. The van der Waals surface area contributed by atoms with Crippen LogP contribution in [0.2, 0.25) is 5.02 Å². The second-order valence-corrected chi connectivity index (χ2v) is 6.99. The normalized spacial score (nSPS) is 11.1. The van der Waals surface area contributed by atoms with Crippen molar-refractivity contribution in [1.82, 2.24) is 25.0 Å². The predicted octanol–water partition coefficient (Wildman–Crippen LogP) is 4.01. The quantitative estimate of drug-likeness (QED) is 0.498. The number of carbonyl (C=O) groups is 1. The number of nitrogens with zero attached hydrogens (tertiary/aromatic N) is 4. The number of hydrogen-bond donors (Lipinski definition) is 1. The van der Waals surface area contributed by atoms with Crippen molar-refractivity contribution in [2.45, 2.75) is 32.9 Å². The number of rotatable bonds is 7. The van der Waals surface area contributed by atoms with Crippen LogP contribution in [0.5, 0.6) is 0 Å². The lowest BCUT2D eigenvalue weighted by molar-refractivity contribution is -0.121. The van der Waals surface area contributed by atoms with Gasteiger partial charge in [-0.3, -0.25) is 4.79 Å². The molecule has 0 atom stereocenters. The standard InChI is InChI=1S/C21H20ClN5O2/c1-2-27-17-6-4-3-5-16(17)24-18(27)13-23-19(28)11-12-20-25-21(26-29-20)14-7-9-15(22)10-8-14/h3-10H,2,11-13H2,1H3,(H,23,28). The minimum atomic E-state index is -0.0917. The van der Waals surface area contributed by atoms with E-state index in [1.165, 1.54) is 0 Å². The molecule has 0 unspecified atom stereocenters. The van der Waals surface area contributed by atoms with Gasteiger partial charge in [0.05, 0.1) is 17.6 Å². The Morgan fingerprint density at radius 3 is 2.72 bits per heavy atom. The van der Waals surface area contributed by atoms with E-state index in [4.69, 9.17) is 16.1 Å². The monoisotopic (exact) mass is 409 g/mol. The first kappa shape index (κ1) is 19.1. The molecular formula is C21H20ClN5O2. The minimum Gasteiger partial charge on any atom is -0.349 e. The maximum absolute atomic E-state index is 12.3. The molecule has 0 fully saturated rings. The van der Waals surface area contributed by atoms with Crippen LogP contribution >= 0.6 is 11.6 Å². The summed E-state index contributed by atoms with van der Waals surface area (Å²) in [6.45, 7) is 3.23. The Labute approximate surface area is 172 Å². The third-order valence-corrected chi connectivity index (χ3v) is 4.88. The number of amides is 1. The van der Waals surface area contributed by atoms with Gasteiger partial charge in [-0.2, -0.15) is 4.98 Å². The first-order chi connectivity index (χ1) is 14.1. The molecule has 0 aliphatic rings. The maximum Gasteiger partial charge on any atom is 0.227 e. The van der Waals surface area contributed by atoms with Crippen molar-refractivity contribution in [3.8, 4) is 11.4 Å². The molecule has 29 heavy (non-hydrogen) atoms. The van der Waals surface area contributed by atoms with Gasteiger partial charge in [-0.25, -0.2) is 4.98 Å². The van der Waals surface area contributed by atoms with E-state index in [2.05, 4.69) is 31.9 Å². The fourth-order valence-corrected chi connectivity index (χ4v) is 3.30. The van der Waals surface area contributed by atoms with Gasteiger partial charge in [-0.1, -0.05) is 28.9 Å². The number of para-hydroxylation sites is 2. The van der Waals surface area contributed by atoms with Crippen molar-refractivity contribution in [3.05, 3.63) is 65.3 Å². The second-order valence-electron chi connectivity index (χ2n) is 6.56. The Morgan fingerprint density at radius 2 is 1.93 bits per heavy atom. The molecular weight excluding hydrogens is 390 g/mol. The summed E-state index contributed by atoms with van der Waals surface area (Å²) >= 11 is 5.89. The third kappa shape index (κ3) is 4.30. The van der Waals surface area contributed by atoms with Gasteiger partial charge in [0, 0.05) is 30.0 Å². The van der Waals surface area contributed by atoms with E-state index in [9.17, 15) is 4.79 Å². The fraction of sp³-hybridized carbons (Fsp3) is 0.238. The lowest BCUT2D eigenvalue weighted by Gasteiger charge is -2.07. The van der Waals surface area contributed by atoms with Crippen molar-refractivity contribution < 1.29 is 9.32 Å². The van der Waals surface area contributed by atoms with Crippen molar-refractivity contribution in [2.75, 3.05) is 0 Å². The number of benzene rings is 2. The highest BCUT2D eigenvalue weighted by Gasteiger charge is 2.13. The predicted molar refractivity (Wildman–Crippen MR) is 110 cm³/mol. The SMILES string of the molecule is CCn1c(CNC(=O)CCc2nc(-c3ccc(Cl)cc3)no2)nc2ccccc21. The maximum atomic E-state index is 12.3. The number of aryl methyl sites for hydroxylation is 2. The van der Waals surface area contributed by atoms with Gasteiger partial charge in [-0.15, -0.1) is 0 Å². The average Bonchev–Trinajstić information content (AvgIpc) is 3.35. The molecule has 4 aromatic rings. The van der Waals surface area contributed by atoms with E-state index in [0.717, 1.165) is 29.0 Å². The highest BCUT2D eigenvalue weighted by molar-refractivity contribution is 6.30. The summed E-state index contributed by atoms with van der Waals surface area (Å²) in [6, 6.07) is 15.1. The molecule has 4 rings (SSSR count). The van der Waals surface area contributed by atoms with E-state index in [1.807, 2.05) is 36.4 Å². The molecule has 148 valence electrons. The Bertz CT molecular complexity index is 1130. The molecule has 1 amide bonds. The van der Waals surface area contributed by atoms with Crippen molar-refractivity contribution in [3.63, 3.8) is 0 Å². The van der Waals surface area contributed by atoms with Crippen LogP contribution < -0.4 is 5.32 Å². The summed E-state index contributed by atoms with van der Waals surface area (Å²) in [5.41, 5.74) is 2.81. The largest absolute Gasteiger partial charge is 0.349 e. The number of carbonyl (C=O) groups excluding carboxylic acids is 1. The van der Waals surface area contributed by atoms with Gasteiger partial charge in [-0.05, 0) is 43.3 Å². The van der Waals surface area contributed by atoms with Crippen LogP contribution in [0, 0.1) is 0 Å². The highest BCUT2D eigenvalue weighted by Crippen LogP contribution is 2.19. The van der Waals surface area contributed by atoms with Crippen LogP contribution in [0.15, 0.2) is 53.1 Å². The summed E-state index contributed by atoms with van der Waals surface area (Å²) in [6.07, 6.45) is 0.630. The highest BCUT2D eigenvalue weighted by atomic mass is 35.5.